The molecule has 1 unspecified atom stereocenters. The molecule has 1 heterocycles. The lowest BCUT2D eigenvalue weighted by molar-refractivity contribution is -0.129. The first-order valence-electron chi connectivity index (χ1n) is 9.69. The fraction of sp³-hybridized carbons (Fsp3) is 0.600. The fourth-order valence-electron chi connectivity index (χ4n) is 3.50. The summed E-state index contributed by atoms with van der Waals surface area (Å²) in [6.45, 7) is 1.45. The van der Waals surface area contributed by atoms with Gasteiger partial charge in [-0.25, -0.2) is 0 Å². The minimum absolute atomic E-state index is 0.144. The van der Waals surface area contributed by atoms with Crippen molar-refractivity contribution in [1.82, 2.24) is 15.1 Å². The Morgan fingerprint density at radius 3 is 2.61 bits per heavy atom. The van der Waals surface area contributed by atoms with Crippen LogP contribution >= 0.6 is 0 Å². The molecule has 1 fully saturated rings. The maximum atomic E-state index is 12.2. The number of likely N-dealkylation sites (tertiary alicyclic amines) is 1. The quantitative estimate of drug-likeness (QED) is 0.515. The number of hydrogen-bond acceptors (Lipinski definition) is 3. The Bertz CT molecular complexity index is 652. The number of nitrogens with zero attached hydrogens (tertiary/aromatic N) is 3. The van der Waals surface area contributed by atoms with Gasteiger partial charge in [-0.1, -0.05) is 19.1 Å². The predicted octanol–water partition coefficient (Wildman–Crippen LogP) is 3.09. The number of hydrogen-bond donors (Lipinski definition) is 1. The summed E-state index contributed by atoms with van der Waals surface area (Å²) in [5, 5.41) is 3.34. The molecule has 0 bridgehead atoms. The Balaban J connectivity index is 1.82. The summed E-state index contributed by atoms with van der Waals surface area (Å²) in [7, 11) is 3.64. The highest BCUT2D eigenvalue weighted by molar-refractivity contribution is 5.79. The molecule has 1 atom stereocenters. The number of carbonyl (C=O) groups excluding carboxylic acids is 1. The monoisotopic (exact) mass is 396 g/mol. The van der Waals surface area contributed by atoms with Gasteiger partial charge in [-0.15, -0.1) is 0 Å². The van der Waals surface area contributed by atoms with Crippen molar-refractivity contribution in [3.63, 3.8) is 0 Å². The van der Waals surface area contributed by atoms with Crippen LogP contribution in [0.4, 0.5) is 8.78 Å². The van der Waals surface area contributed by atoms with Crippen LogP contribution in [-0.2, 0) is 11.3 Å². The van der Waals surface area contributed by atoms with Crippen molar-refractivity contribution in [1.29, 1.82) is 0 Å². The molecule has 1 N–H and O–H groups in total. The molecule has 1 aliphatic heterocycles. The molecule has 0 radical (unpaired) electrons. The molecule has 0 spiro atoms. The minimum atomic E-state index is -2.82. The Morgan fingerprint density at radius 2 is 2.07 bits per heavy atom. The molecule has 1 amide bonds. The zero-order valence-corrected chi connectivity index (χ0v) is 16.8. The topological polar surface area (TPSA) is 57.2 Å². The van der Waals surface area contributed by atoms with E-state index in [2.05, 4.69) is 22.0 Å². The number of nitrogens with one attached hydrogen (secondary N) is 1. The molecule has 1 aliphatic rings. The number of halogens is 2. The van der Waals surface area contributed by atoms with E-state index in [1.54, 1.807) is 19.2 Å². The maximum absolute atomic E-state index is 12.2. The van der Waals surface area contributed by atoms with Gasteiger partial charge in [0.2, 0.25) is 5.91 Å². The van der Waals surface area contributed by atoms with Crippen LogP contribution in [0.3, 0.4) is 0 Å². The third-order valence-electron chi connectivity index (χ3n) is 4.92. The average molecular weight is 396 g/mol. The smallest absolute Gasteiger partial charge is 0.387 e. The Morgan fingerprint density at radius 1 is 1.36 bits per heavy atom. The average Bonchev–Trinajstić information content (AvgIpc) is 3.09. The number of aliphatic imine (C=N–C) groups is 1. The highest BCUT2D eigenvalue weighted by atomic mass is 19.3. The van der Waals surface area contributed by atoms with Gasteiger partial charge in [0.15, 0.2) is 5.96 Å². The first-order chi connectivity index (χ1) is 13.4. The lowest BCUT2D eigenvalue weighted by atomic mass is 10.1. The Kier molecular flexibility index (Phi) is 8.47. The van der Waals surface area contributed by atoms with Gasteiger partial charge in [0, 0.05) is 46.2 Å². The van der Waals surface area contributed by atoms with E-state index in [9.17, 15) is 13.6 Å². The van der Waals surface area contributed by atoms with Crippen LogP contribution in [0.5, 0.6) is 5.75 Å². The normalized spacial score (nSPS) is 15.9. The van der Waals surface area contributed by atoms with Crippen molar-refractivity contribution in [3.8, 4) is 5.75 Å². The molecule has 0 aliphatic carbocycles. The van der Waals surface area contributed by atoms with Crippen LogP contribution in [0.15, 0.2) is 29.3 Å². The zero-order chi connectivity index (χ0) is 20.5. The molecule has 2 rings (SSSR count). The molecule has 0 saturated carbocycles. The number of guanidine groups is 1. The summed E-state index contributed by atoms with van der Waals surface area (Å²) in [4.78, 5) is 20.2. The third-order valence-corrected chi connectivity index (χ3v) is 4.92. The Hall–Kier alpha value is -2.38. The molecule has 0 aromatic heterocycles. The van der Waals surface area contributed by atoms with Crippen LogP contribution in [0.2, 0.25) is 0 Å². The molecule has 8 heteroatoms. The second-order valence-corrected chi connectivity index (χ2v) is 6.89. The lowest BCUT2D eigenvalue weighted by Crippen LogP contribution is -2.42. The van der Waals surface area contributed by atoms with Gasteiger partial charge < -0.3 is 19.9 Å². The van der Waals surface area contributed by atoms with E-state index >= 15 is 0 Å². The first kappa shape index (κ1) is 21.9. The van der Waals surface area contributed by atoms with Gasteiger partial charge in [0.1, 0.15) is 5.75 Å². The second-order valence-electron chi connectivity index (χ2n) is 6.89. The first-order valence-corrected chi connectivity index (χ1v) is 9.69. The molecule has 1 aromatic rings. The second kappa shape index (κ2) is 10.8. The predicted molar refractivity (Wildman–Crippen MR) is 106 cm³/mol. The van der Waals surface area contributed by atoms with Gasteiger partial charge in [-0.3, -0.25) is 9.79 Å². The molecule has 1 saturated heterocycles. The van der Waals surface area contributed by atoms with E-state index in [-0.39, 0.29) is 17.7 Å². The summed E-state index contributed by atoms with van der Waals surface area (Å²) >= 11 is 0. The summed E-state index contributed by atoms with van der Waals surface area (Å²) in [5.74, 6) is 1.15. The van der Waals surface area contributed by atoms with Crippen LogP contribution in [-0.4, -0.2) is 61.5 Å². The van der Waals surface area contributed by atoms with Gasteiger partial charge in [0.05, 0.1) is 0 Å². The largest absolute Gasteiger partial charge is 0.435 e. The van der Waals surface area contributed by atoms with Crippen LogP contribution < -0.4 is 10.1 Å². The Labute approximate surface area is 165 Å². The number of ether oxygens (including phenoxy) is 1. The summed E-state index contributed by atoms with van der Waals surface area (Å²) < 4.78 is 28.8. The molecule has 6 nitrogen and oxygen atoms in total. The van der Waals surface area contributed by atoms with E-state index in [1.807, 2.05) is 16.8 Å². The van der Waals surface area contributed by atoms with Crippen LogP contribution in [0, 0.1) is 0 Å². The summed E-state index contributed by atoms with van der Waals surface area (Å²) in [6.07, 6.45) is 3.42. The van der Waals surface area contributed by atoms with Crippen molar-refractivity contribution >= 4 is 11.9 Å². The van der Waals surface area contributed by atoms with E-state index in [0.29, 0.717) is 13.0 Å². The van der Waals surface area contributed by atoms with Crippen molar-refractivity contribution in [3.05, 3.63) is 29.8 Å². The third kappa shape index (κ3) is 6.35. The zero-order valence-electron chi connectivity index (χ0n) is 16.8. The molecular formula is C20H30F2N4O2. The van der Waals surface area contributed by atoms with Gasteiger partial charge in [-0.2, -0.15) is 8.78 Å². The van der Waals surface area contributed by atoms with Crippen molar-refractivity contribution in [2.75, 3.05) is 27.2 Å². The van der Waals surface area contributed by atoms with Gasteiger partial charge in [-0.05, 0) is 37.0 Å². The number of rotatable bonds is 9. The number of alkyl halides is 2. The van der Waals surface area contributed by atoms with E-state index in [1.165, 1.54) is 12.1 Å². The number of benzene rings is 1. The molecule has 28 heavy (non-hydrogen) atoms. The fourth-order valence-corrected chi connectivity index (χ4v) is 3.50. The van der Waals surface area contributed by atoms with Gasteiger partial charge in [0.25, 0.3) is 0 Å². The number of amides is 1. The highest BCUT2D eigenvalue weighted by Gasteiger charge is 2.26. The van der Waals surface area contributed by atoms with Crippen LogP contribution in [0.25, 0.3) is 0 Å². The minimum Gasteiger partial charge on any atom is -0.435 e. The van der Waals surface area contributed by atoms with Crippen molar-refractivity contribution in [2.24, 2.45) is 4.99 Å². The van der Waals surface area contributed by atoms with Crippen molar-refractivity contribution < 1.29 is 18.3 Å². The van der Waals surface area contributed by atoms with E-state index in [4.69, 9.17) is 0 Å². The molecular weight excluding hydrogens is 366 g/mol. The molecule has 156 valence electrons. The summed E-state index contributed by atoms with van der Waals surface area (Å²) in [6, 6.07) is 6.84. The van der Waals surface area contributed by atoms with Crippen molar-refractivity contribution in [2.45, 2.75) is 51.8 Å². The lowest BCUT2D eigenvalue weighted by Gasteiger charge is -2.28. The van der Waals surface area contributed by atoms with Gasteiger partial charge >= 0.3 is 6.61 Å². The SMILES string of the molecule is CCC(CCNC(=NC)N(C)Cc1ccc(OC(F)F)cc1)N1CCCC1=O. The highest BCUT2D eigenvalue weighted by Crippen LogP contribution is 2.18. The number of carbonyl (C=O) groups is 1. The van der Waals surface area contributed by atoms with Crippen LogP contribution in [0.1, 0.15) is 38.2 Å². The van der Waals surface area contributed by atoms with E-state index < -0.39 is 6.61 Å². The molecule has 1 aromatic carbocycles. The standard InChI is InChI=1S/C20H30F2N4O2/c1-4-16(26-13-5-6-18(26)27)11-12-24-20(23-2)25(3)14-15-7-9-17(10-8-15)28-19(21)22/h7-10,16,19H,4-6,11-14H2,1-3H3,(H,23,24). The maximum Gasteiger partial charge on any atom is 0.387 e. The summed E-state index contributed by atoms with van der Waals surface area (Å²) in [5.41, 5.74) is 0.959. The van der Waals surface area contributed by atoms with E-state index in [0.717, 1.165) is 43.9 Å².